The van der Waals surface area contributed by atoms with E-state index in [1.165, 1.54) is 31.6 Å². The van der Waals surface area contributed by atoms with E-state index in [1.807, 2.05) is 0 Å². The van der Waals surface area contributed by atoms with Gasteiger partial charge in [0.25, 0.3) is 5.56 Å². The van der Waals surface area contributed by atoms with Gasteiger partial charge in [-0.3, -0.25) is 9.36 Å². The Hall–Kier alpha value is -3.49. The lowest BCUT2D eigenvalue weighted by molar-refractivity contribution is 0.0593. The highest BCUT2D eigenvalue weighted by Crippen LogP contribution is 2.23. The number of aryl methyl sites for hydroxylation is 2. The smallest absolute Gasteiger partial charge is 0.358 e. The molecule has 0 saturated heterocycles. The molecule has 0 aliphatic carbocycles. The number of halogens is 1. The Kier molecular flexibility index (Phi) is 4.29. The van der Waals surface area contributed by atoms with E-state index in [0.717, 1.165) is 15.3 Å². The summed E-state index contributed by atoms with van der Waals surface area (Å²) in [5.74, 6) is -1.84. The Morgan fingerprint density at radius 1 is 1.31 bits per heavy atom. The van der Waals surface area contributed by atoms with Crippen LogP contribution in [0.3, 0.4) is 0 Å². The Balaban J connectivity index is 2.22. The molecular formula is C17H15FN4O4. The maximum absolute atomic E-state index is 15.2. The molecule has 3 aromatic rings. The van der Waals surface area contributed by atoms with Crippen molar-refractivity contribution in [3.8, 4) is 17.3 Å². The average Bonchev–Trinajstić information content (AvgIpc) is 3.06. The quantitative estimate of drug-likeness (QED) is 0.715. The third-order valence-electron chi connectivity index (χ3n) is 3.78. The number of aromatic hydroxyl groups is 1. The van der Waals surface area contributed by atoms with Gasteiger partial charge in [-0.25, -0.2) is 18.9 Å². The number of pyridine rings is 2. The molecule has 0 bridgehead atoms. The second kappa shape index (κ2) is 6.43. The van der Waals surface area contributed by atoms with Crippen LogP contribution in [-0.4, -0.2) is 37.5 Å². The van der Waals surface area contributed by atoms with Crippen LogP contribution in [0.2, 0.25) is 0 Å². The topological polar surface area (TPSA) is 99.2 Å². The minimum absolute atomic E-state index is 0.00574. The van der Waals surface area contributed by atoms with Gasteiger partial charge in [-0.1, -0.05) is 0 Å². The van der Waals surface area contributed by atoms with Gasteiger partial charge in [0.15, 0.2) is 17.3 Å². The van der Waals surface area contributed by atoms with Gasteiger partial charge in [-0.15, -0.1) is 0 Å². The first-order chi connectivity index (χ1) is 12.3. The summed E-state index contributed by atoms with van der Waals surface area (Å²) in [7, 11) is 1.21. The van der Waals surface area contributed by atoms with Crippen molar-refractivity contribution in [2.75, 3.05) is 7.11 Å². The summed E-state index contributed by atoms with van der Waals surface area (Å²) in [4.78, 5) is 27.8. The lowest BCUT2D eigenvalue weighted by Crippen LogP contribution is -2.22. The van der Waals surface area contributed by atoms with Gasteiger partial charge in [-0.2, -0.15) is 5.10 Å². The van der Waals surface area contributed by atoms with E-state index in [1.54, 1.807) is 13.8 Å². The van der Waals surface area contributed by atoms with Gasteiger partial charge in [-0.05, 0) is 31.5 Å². The standard InChI is InChI=1S/C17H15FN4O4/c1-9-8-19-16(21-5-4-12(20-21)17(25)26-3)14(18)15(9)22-10(2)6-11(23)7-13(22)24/h4-8,23H,1-3H3. The molecule has 1 N–H and O–H groups in total. The number of nitrogens with zero attached hydrogens (tertiary/aromatic N) is 4. The van der Waals surface area contributed by atoms with Gasteiger partial charge >= 0.3 is 5.97 Å². The van der Waals surface area contributed by atoms with Crippen LogP contribution in [0.1, 0.15) is 21.7 Å². The predicted octanol–water partition coefficient (Wildman–Crippen LogP) is 1.67. The zero-order chi connectivity index (χ0) is 19.0. The van der Waals surface area contributed by atoms with Gasteiger partial charge in [0.05, 0.1) is 12.8 Å². The van der Waals surface area contributed by atoms with Crippen molar-refractivity contribution in [3.05, 3.63) is 63.7 Å². The van der Waals surface area contributed by atoms with Crippen molar-refractivity contribution in [1.82, 2.24) is 19.3 Å². The fourth-order valence-corrected chi connectivity index (χ4v) is 2.62. The summed E-state index contributed by atoms with van der Waals surface area (Å²) in [6, 6.07) is 3.71. The number of aromatic nitrogens is 4. The van der Waals surface area contributed by atoms with Gasteiger partial charge in [0.2, 0.25) is 0 Å². The van der Waals surface area contributed by atoms with Crippen molar-refractivity contribution in [3.63, 3.8) is 0 Å². The van der Waals surface area contributed by atoms with Crippen molar-refractivity contribution in [2.45, 2.75) is 13.8 Å². The first-order valence-electron chi connectivity index (χ1n) is 7.56. The van der Waals surface area contributed by atoms with Gasteiger partial charge in [0, 0.05) is 24.2 Å². The number of ether oxygens (including phenoxy) is 1. The number of carbonyl (C=O) groups excluding carboxylic acids is 1. The molecule has 0 aromatic carbocycles. The van der Waals surface area contributed by atoms with E-state index in [9.17, 15) is 14.7 Å². The van der Waals surface area contributed by atoms with Crippen LogP contribution in [0.25, 0.3) is 11.5 Å². The largest absolute Gasteiger partial charge is 0.508 e. The normalized spacial score (nSPS) is 10.8. The maximum atomic E-state index is 15.2. The fraction of sp³-hybridized carbons (Fsp3) is 0.176. The van der Waals surface area contributed by atoms with E-state index >= 15 is 4.39 Å². The Morgan fingerprint density at radius 3 is 2.69 bits per heavy atom. The van der Waals surface area contributed by atoms with Gasteiger partial charge < -0.3 is 9.84 Å². The minimum atomic E-state index is -0.791. The van der Waals surface area contributed by atoms with Gasteiger partial charge in [0.1, 0.15) is 5.75 Å². The predicted molar refractivity (Wildman–Crippen MR) is 89.4 cm³/mol. The molecule has 0 aliphatic heterocycles. The van der Waals surface area contributed by atoms with Crippen LogP contribution >= 0.6 is 0 Å². The lowest BCUT2D eigenvalue weighted by Gasteiger charge is -2.15. The summed E-state index contributed by atoms with van der Waals surface area (Å²) in [5, 5.41) is 13.5. The first kappa shape index (κ1) is 17.3. The highest BCUT2D eigenvalue weighted by atomic mass is 19.1. The van der Waals surface area contributed by atoms with Crippen LogP contribution in [0, 0.1) is 19.7 Å². The Bertz CT molecular complexity index is 1070. The molecule has 0 spiro atoms. The van der Waals surface area contributed by atoms with Crippen LogP contribution < -0.4 is 5.56 Å². The average molecular weight is 358 g/mol. The molecule has 134 valence electrons. The summed E-state index contributed by atoms with van der Waals surface area (Å²) in [6.45, 7) is 3.18. The van der Waals surface area contributed by atoms with E-state index in [0.29, 0.717) is 11.3 Å². The molecule has 0 radical (unpaired) electrons. The van der Waals surface area contributed by atoms with E-state index in [2.05, 4.69) is 14.8 Å². The zero-order valence-corrected chi connectivity index (χ0v) is 14.2. The lowest BCUT2D eigenvalue weighted by atomic mass is 10.2. The third kappa shape index (κ3) is 2.83. The molecule has 0 amide bonds. The number of carbonyl (C=O) groups is 1. The fourth-order valence-electron chi connectivity index (χ4n) is 2.62. The van der Waals surface area contributed by atoms with E-state index in [-0.39, 0.29) is 22.9 Å². The number of hydrogen-bond acceptors (Lipinski definition) is 6. The molecule has 0 fully saturated rings. The number of hydrogen-bond donors (Lipinski definition) is 1. The van der Waals surface area contributed by atoms with E-state index in [4.69, 9.17) is 0 Å². The number of rotatable bonds is 3. The van der Waals surface area contributed by atoms with Crippen molar-refractivity contribution in [1.29, 1.82) is 0 Å². The molecule has 0 aliphatic rings. The molecule has 0 saturated carbocycles. The molecule has 0 unspecified atom stereocenters. The Labute approximate surface area is 147 Å². The SMILES string of the molecule is COC(=O)c1ccn(-c2ncc(C)c(-n3c(C)cc(O)cc3=O)c2F)n1. The first-order valence-corrected chi connectivity index (χ1v) is 7.56. The molecule has 3 heterocycles. The van der Waals surface area contributed by atoms with Crippen LogP contribution in [0.15, 0.2) is 35.4 Å². The summed E-state index contributed by atoms with van der Waals surface area (Å²) >= 11 is 0. The monoisotopic (exact) mass is 358 g/mol. The molecule has 26 heavy (non-hydrogen) atoms. The van der Waals surface area contributed by atoms with E-state index < -0.39 is 17.3 Å². The van der Waals surface area contributed by atoms with Crippen LogP contribution in [0.5, 0.6) is 5.75 Å². The minimum Gasteiger partial charge on any atom is -0.508 e. The Morgan fingerprint density at radius 2 is 2.04 bits per heavy atom. The molecule has 9 heteroatoms. The maximum Gasteiger partial charge on any atom is 0.358 e. The van der Waals surface area contributed by atoms with Crippen LogP contribution in [0.4, 0.5) is 4.39 Å². The highest BCUT2D eigenvalue weighted by Gasteiger charge is 2.20. The summed E-state index contributed by atoms with van der Waals surface area (Å²) in [6.07, 6.45) is 2.76. The number of methoxy groups -OCH3 is 1. The second-order valence-corrected chi connectivity index (χ2v) is 5.59. The highest BCUT2D eigenvalue weighted by molar-refractivity contribution is 5.86. The van der Waals surface area contributed by atoms with Crippen molar-refractivity contribution in [2.24, 2.45) is 0 Å². The second-order valence-electron chi connectivity index (χ2n) is 5.59. The summed E-state index contributed by atoms with van der Waals surface area (Å²) in [5.41, 5.74) is 0.172. The molecule has 0 atom stereocenters. The van der Waals surface area contributed by atoms with Crippen LogP contribution in [-0.2, 0) is 4.74 Å². The van der Waals surface area contributed by atoms with Crippen molar-refractivity contribution >= 4 is 5.97 Å². The van der Waals surface area contributed by atoms with Crippen molar-refractivity contribution < 1.29 is 19.0 Å². The third-order valence-corrected chi connectivity index (χ3v) is 3.78. The molecule has 3 aromatic heterocycles. The number of esters is 1. The molecule has 3 rings (SSSR count). The zero-order valence-electron chi connectivity index (χ0n) is 14.2. The molecular weight excluding hydrogens is 343 g/mol. The summed E-state index contributed by atoms with van der Waals surface area (Å²) < 4.78 is 22.0. The molecule has 8 nitrogen and oxygen atoms in total.